The topological polar surface area (TPSA) is 37.4 Å². The van der Waals surface area contributed by atoms with E-state index in [4.69, 9.17) is 4.74 Å². The van der Waals surface area contributed by atoms with Crippen LogP contribution in [0.4, 0.5) is 4.39 Å². The normalized spacial score (nSPS) is 16.4. The van der Waals surface area contributed by atoms with Crippen LogP contribution in [0.15, 0.2) is 48.7 Å². The summed E-state index contributed by atoms with van der Waals surface area (Å²) < 4.78 is 19.0. The molecule has 0 aliphatic carbocycles. The highest BCUT2D eigenvalue weighted by Crippen LogP contribution is 2.22. The van der Waals surface area contributed by atoms with Crippen LogP contribution in [0.25, 0.3) is 0 Å². The van der Waals surface area contributed by atoms with E-state index in [2.05, 4.69) is 15.2 Å². The lowest BCUT2D eigenvalue weighted by Gasteiger charge is -2.35. The van der Waals surface area contributed by atoms with Crippen LogP contribution in [0.5, 0.6) is 0 Å². The molecule has 0 saturated carbocycles. The standard InChI is InChI=1S/C18H22FN3O.ClH/c19-16-5-3-4-15(12-16)18(22-8-10-23-11-9-22)14-20-13-17-6-1-2-7-21-17;/h1-7,12,18,20H,8-11,13-14H2;1H. The Hall–Kier alpha value is -1.53. The zero-order valence-corrected chi connectivity index (χ0v) is 14.3. The average molecular weight is 352 g/mol. The predicted molar refractivity (Wildman–Crippen MR) is 94.7 cm³/mol. The van der Waals surface area contributed by atoms with Gasteiger partial charge in [-0.3, -0.25) is 9.88 Å². The molecule has 1 aromatic carbocycles. The molecule has 1 unspecified atom stereocenters. The lowest BCUT2D eigenvalue weighted by molar-refractivity contribution is 0.0160. The molecule has 1 N–H and O–H groups in total. The molecule has 0 spiro atoms. The van der Waals surface area contributed by atoms with E-state index in [1.807, 2.05) is 24.3 Å². The zero-order chi connectivity index (χ0) is 15.9. The molecule has 1 saturated heterocycles. The van der Waals surface area contributed by atoms with Crippen LogP contribution in [0.3, 0.4) is 0 Å². The van der Waals surface area contributed by atoms with Crippen molar-refractivity contribution in [3.05, 3.63) is 65.7 Å². The minimum absolute atomic E-state index is 0. The van der Waals surface area contributed by atoms with Gasteiger partial charge in [-0.05, 0) is 29.8 Å². The number of halogens is 2. The van der Waals surface area contributed by atoms with E-state index in [0.29, 0.717) is 6.54 Å². The molecule has 2 heterocycles. The molecule has 24 heavy (non-hydrogen) atoms. The first kappa shape index (κ1) is 18.8. The maximum Gasteiger partial charge on any atom is 0.123 e. The van der Waals surface area contributed by atoms with Crippen molar-refractivity contribution in [2.24, 2.45) is 0 Å². The van der Waals surface area contributed by atoms with Gasteiger partial charge in [-0.1, -0.05) is 18.2 Å². The Labute approximate surface area is 148 Å². The van der Waals surface area contributed by atoms with Crippen LogP contribution in [0.1, 0.15) is 17.3 Å². The number of rotatable bonds is 6. The van der Waals surface area contributed by atoms with Crippen molar-refractivity contribution in [1.82, 2.24) is 15.2 Å². The maximum absolute atomic E-state index is 13.6. The third-order valence-corrected chi connectivity index (χ3v) is 4.09. The third kappa shape index (κ3) is 5.24. The molecule has 2 aromatic rings. The molecule has 3 rings (SSSR count). The molecule has 1 aliphatic heterocycles. The fraction of sp³-hybridized carbons (Fsp3) is 0.389. The first-order valence-electron chi connectivity index (χ1n) is 8.01. The van der Waals surface area contributed by atoms with Crippen molar-refractivity contribution >= 4 is 12.4 Å². The molecule has 4 nitrogen and oxygen atoms in total. The van der Waals surface area contributed by atoms with Crippen LogP contribution in [-0.2, 0) is 11.3 Å². The molecule has 0 radical (unpaired) electrons. The Bertz CT molecular complexity index is 608. The van der Waals surface area contributed by atoms with Gasteiger partial charge in [-0.2, -0.15) is 0 Å². The highest BCUT2D eigenvalue weighted by Gasteiger charge is 2.22. The summed E-state index contributed by atoms with van der Waals surface area (Å²) in [5.74, 6) is -0.189. The van der Waals surface area contributed by atoms with Gasteiger partial charge < -0.3 is 10.1 Å². The SMILES string of the molecule is Cl.Fc1cccc(C(CNCc2ccccn2)N2CCOCC2)c1. The first-order chi connectivity index (χ1) is 11.3. The van der Waals surface area contributed by atoms with Crippen LogP contribution in [0.2, 0.25) is 0 Å². The Morgan fingerprint density at radius 3 is 2.71 bits per heavy atom. The summed E-state index contributed by atoms with van der Waals surface area (Å²) in [7, 11) is 0. The second-order valence-corrected chi connectivity index (χ2v) is 5.67. The van der Waals surface area contributed by atoms with E-state index in [0.717, 1.165) is 44.1 Å². The molecule has 0 bridgehead atoms. The minimum atomic E-state index is -0.189. The monoisotopic (exact) mass is 351 g/mol. The molecule has 130 valence electrons. The number of aromatic nitrogens is 1. The average Bonchev–Trinajstić information content (AvgIpc) is 2.60. The summed E-state index contributed by atoms with van der Waals surface area (Å²) >= 11 is 0. The van der Waals surface area contributed by atoms with Gasteiger partial charge in [0.05, 0.1) is 18.9 Å². The molecule has 0 amide bonds. The number of hydrogen-bond acceptors (Lipinski definition) is 4. The maximum atomic E-state index is 13.6. The second kappa shape index (κ2) is 9.69. The Balaban J connectivity index is 0.00000208. The van der Waals surface area contributed by atoms with Crippen molar-refractivity contribution in [2.75, 3.05) is 32.8 Å². The van der Waals surface area contributed by atoms with Crippen molar-refractivity contribution in [1.29, 1.82) is 0 Å². The second-order valence-electron chi connectivity index (χ2n) is 5.67. The molecular formula is C18H23ClFN3O. The summed E-state index contributed by atoms with van der Waals surface area (Å²) in [6.45, 7) is 4.65. The van der Waals surface area contributed by atoms with Crippen molar-refractivity contribution in [3.8, 4) is 0 Å². The largest absolute Gasteiger partial charge is 0.379 e. The predicted octanol–water partition coefficient (Wildman–Crippen LogP) is 2.81. The van der Waals surface area contributed by atoms with Gasteiger partial charge >= 0.3 is 0 Å². The quantitative estimate of drug-likeness (QED) is 0.868. The van der Waals surface area contributed by atoms with Crippen LogP contribution < -0.4 is 5.32 Å². The Morgan fingerprint density at radius 2 is 2.00 bits per heavy atom. The summed E-state index contributed by atoms with van der Waals surface area (Å²) in [6, 6.07) is 12.9. The number of nitrogens with one attached hydrogen (secondary N) is 1. The zero-order valence-electron chi connectivity index (χ0n) is 13.5. The lowest BCUT2D eigenvalue weighted by atomic mass is 10.0. The molecule has 1 fully saturated rings. The summed E-state index contributed by atoms with van der Waals surface area (Å²) in [5, 5.41) is 3.45. The van der Waals surface area contributed by atoms with E-state index < -0.39 is 0 Å². The fourth-order valence-electron chi connectivity index (χ4n) is 2.90. The minimum Gasteiger partial charge on any atom is -0.379 e. The number of nitrogens with zero attached hydrogens (tertiary/aromatic N) is 2. The van der Waals surface area contributed by atoms with E-state index in [-0.39, 0.29) is 24.3 Å². The van der Waals surface area contributed by atoms with Crippen LogP contribution >= 0.6 is 12.4 Å². The van der Waals surface area contributed by atoms with E-state index >= 15 is 0 Å². The number of benzene rings is 1. The van der Waals surface area contributed by atoms with E-state index in [1.165, 1.54) is 6.07 Å². The summed E-state index contributed by atoms with van der Waals surface area (Å²) in [6.07, 6.45) is 1.79. The Morgan fingerprint density at radius 1 is 1.17 bits per heavy atom. The molecule has 1 aromatic heterocycles. The highest BCUT2D eigenvalue weighted by molar-refractivity contribution is 5.85. The van der Waals surface area contributed by atoms with Gasteiger partial charge in [0, 0.05) is 38.4 Å². The number of hydrogen-bond donors (Lipinski definition) is 1. The number of morpholine rings is 1. The smallest absolute Gasteiger partial charge is 0.123 e. The van der Waals surface area contributed by atoms with Gasteiger partial charge in [-0.15, -0.1) is 12.4 Å². The van der Waals surface area contributed by atoms with Crippen LogP contribution in [0, 0.1) is 5.82 Å². The highest BCUT2D eigenvalue weighted by atomic mass is 35.5. The first-order valence-corrected chi connectivity index (χ1v) is 8.01. The van der Waals surface area contributed by atoms with Gasteiger partial charge in [0.25, 0.3) is 0 Å². The van der Waals surface area contributed by atoms with E-state index in [9.17, 15) is 4.39 Å². The fourth-order valence-corrected chi connectivity index (χ4v) is 2.90. The van der Waals surface area contributed by atoms with Crippen molar-refractivity contribution < 1.29 is 9.13 Å². The van der Waals surface area contributed by atoms with Crippen molar-refractivity contribution in [2.45, 2.75) is 12.6 Å². The van der Waals surface area contributed by atoms with Crippen molar-refractivity contribution in [3.63, 3.8) is 0 Å². The third-order valence-electron chi connectivity index (χ3n) is 4.09. The lowest BCUT2D eigenvalue weighted by Crippen LogP contribution is -2.42. The number of pyridine rings is 1. The molecule has 1 atom stereocenters. The summed E-state index contributed by atoms with van der Waals surface area (Å²) in [4.78, 5) is 6.67. The van der Waals surface area contributed by atoms with Gasteiger partial charge in [0.2, 0.25) is 0 Å². The van der Waals surface area contributed by atoms with Gasteiger partial charge in [0.15, 0.2) is 0 Å². The molecule has 6 heteroatoms. The van der Waals surface area contributed by atoms with Gasteiger partial charge in [-0.25, -0.2) is 4.39 Å². The molecular weight excluding hydrogens is 329 g/mol. The van der Waals surface area contributed by atoms with Crippen LogP contribution in [-0.4, -0.2) is 42.7 Å². The molecule has 1 aliphatic rings. The van der Waals surface area contributed by atoms with Gasteiger partial charge in [0.1, 0.15) is 5.82 Å². The summed E-state index contributed by atoms with van der Waals surface area (Å²) in [5.41, 5.74) is 2.01. The number of ether oxygens (including phenoxy) is 1. The van der Waals surface area contributed by atoms with E-state index in [1.54, 1.807) is 18.3 Å². The Kier molecular flexibility index (Phi) is 7.59.